The summed E-state index contributed by atoms with van der Waals surface area (Å²) >= 11 is 0. The Bertz CT molecular complexity index is 493. The molecule has 0 aromatic heterocycles. The van der Waals surface area contributed by atoms with E-state index in [9.17, 15) is 14.4 Å². The molecule has 10 heteroatoms. The zero-order valence-corrected chi connectivity index (χ0v) is 11.7. The van der Waals surface area contributed by atoms with E-state index < -0.39 is 36.7 Å². The fourth-order valence-corrected chi connectivity index (χ4v) is 2.28. The van der Waals surface area contributed by atoms with Crippen LogP contribution < -0.4 is 10.6 Å². The Balaban J connectivity index is 2.26. The van der Waals surface area contributed by atoms with Gasteiger partial charge in [-0.2, -0.15) is 0 Å². The lowest BCUT2D eigenvalue weighted by Gasteiger charge is -2.34. The van der Waals surface area contributed by atoms with Crippen molar-refractivity contribution in [3.05, 3.63) is 0 Å². The molecule has 2 rings (SSSR count). The van der Waals surface area contributed by atoms with Crippen LogP contribution in [-0.4, -0.2) is 84.8 Å². The number of methoxy groups -OCH3 is 1. The SMILES string of the molecule is COCCN=C1NC2C(C(=O)NC(=O)N2C)N1CC(=O)O. The van der Waals surface area contributed by atoms with E-state index in [1.54, 1.807) is 0 Å². The van der Waals surface area contributed by atoms with Gasteiger partial charge in [0.1, 0.15) is 12.7 Å². The first-order chi connectivity index (χ1) is 9.95. The van der Waals surface area contributed by atoms with Gasteiger partial charge in [-0.15, -0.1) is 0 Å². The second-order valence-corrected chi connectivity index (χ2v) is 4.66. The molecular formula is C11H17N5O5. The van der Waals surface area contributed by atoms with Crippen LogP contribution in [-0.2, 0) is 14.3 Å². The average Bonchev–Trinajstić information content (AvgIpc) is 2.75. The van der Waals surface area contributed by atoms with Crippen LogP contribution >= 0.6 is 0 Å². The predicted molar refractivity (Wildman–Crippen MR) is 70.5 cm³/mol. The molecule has 0 aromatic carbocycles. The summed E-state index contributed by atoms with van der Waals surface area (Å²) < 4.78 is 4.88. The number of nitrogens with one attached hydrogen (secondary N) is 2. The van der Waals surface area contributed by atoms with Crippen molar-refractivity contribution in [1.29, 1.82) is 0 Å². The smallest absolute Gasteiger partial charge is 0.325 e. The summed E-state index contributed by atoms with van der Waals surface area (Å²) in [5, 5.41) is 14.1. The minimum absolute atomic E-state index is 0.265. The molecule has 2 unspecified atom stereocenters. The second kappa shape index (κ2) is 5.95. The summed E-state index contributed by atoms with van der Waals surface area (Å²) in [6, 6.07) is -1.37. The Morgan fingerprint density at radius 2 is 2.19 bits per heavy atom. The maximum absolute atomic E-state index is 12.0. The summed E-state index contributed by atoms with van der Waals surface area (Å²) in [6.07, 6.45) is -0.646. The van der Waals surface area contributed by atoms with Crippen molar-refractivity contribution in [1.82, 2.24) is 20.4 Å². The Kier molecular flexibility index (Phi) is 4.26. The maximum atomic E-state index is 12.0. The molecule has 0 aromatic rings. The summed E-state index contributed by atoms with van der Waals surface area (Å²) in [5.74, 6) is -1.38. The monoisotopic (exact) mass is 299 g/mol. The predicted octanol–water partition coefficient (Wildman–Crippen LogP) is -2.15. The van der Waals surface area contributed by atoms with Gasteiger partial charge in [0.15, 0.2) is 12.0 Å². The molecule has 0 radical (unpaired) electrons. The van der Waals surface area contributed by atoms with E-state index in [1.807, 2.05) is 0 Å². The molecule has 10 nitrogen and oxygen atoms in total. The molecule has 3 N–H and O–H groups in total. The van der Waals surface area contributed by atoms with E-state index in [-0.39, 0.29) is 5.96 Å². The van der Waals surface area contributed by atoms with Crippen LogP contribution in [0.25, 0.3) is 0 Å². The quantitative estimate of drug-likeness (QED) is 0.495. The number of carboxylic acid groups (broad SMARTS) is 1. The molecular weight excluding hydrogens is 282 g/mol. The number of aliphatic imine (C=N–C) groups is 1. The number of carbonyl (C=O) groups is 3. The zero-order valence-electron chi connectivity index (χ0n) is 11.7. The van der Waals surface area contributed by atoms with Crippen LogP contribution in [0, 0.1) is 0 Å². The molecule has 0 saturated carbocycles. The molecule has 0 spiro atoms. The Hall–Kier alpha value is -2.36. The molecule has 116 valence electrons. The highest BCUT2D eigenvalue weighted by atomic mass is 16.5. The lowest BCUT2D eigenvalue weighted by molar-refractivity contribution is -0.138. The number of amides is 3. The number of urea groups is 1. The largest absolute Gasteiger partial charge is 0.480 e. The van der Waals surface area contributed by atoms with E-state index in [0.29, 0.717) is 13.2 Å². The van der Waals surface area contributed by atoms with Crippen LogP contribution in [0.4, 0.5) is 4.79 Å². The zero-order chi connectivity index (χ0) is 15.6. The van der Waals surface area contributed by atoms with Crippen molar-refractivity contribution in [2.45, 2.75) is 12.2 Å². The molecule has 3 amide bonds. The van der Waals surface area contributed by atoms with Gasteiger partial charge in [0.25, 0.3) is 5.91 Å². The third-order valence-corrected chi connectivity index (χ3v) is 3.28. The number of nitrogens with zero attached hydrogens (tertiary/aromatic N) is 3. The van der Waals surface area contributed by atoms with Crippen molar-refractivity contribution < 1.29 is 24.2 Å². The van der Waals surface area contributed by atoms with Gasteiger partial charge in [0, 0.05) is 14.2 Å². The maximum Gasteiger partial charge on any atom is 0.325 e. The standard InChI is InChI=1S/C11H17N5O5/c1-15-8-7(9(19)14-11(15)20)16(5-6(17)18)10(13-8)12-3-4-21-2/h7-8H,3-5H2,1-2H3,(H,12,13)(H,17,18)(H,14,19,20). The Morgan fingerprint density at radius 1 is 1.48 bits per heavy atom. The highest BCUT2D eigenvalue weighted by Gasteiger charge is 2.50. The van der Waals surface area contributed by atoms with Crippen molar-refractivity contribution >= 4 is 23.9 Å². The lowest BCUT2D eigenvalue weighted by Crippen LogP contribution is -2.65. The number of hydrogen-bond donors (Lipinski definition) is 3. The number of carbonyl (C=O) groups excluding carboxylic acids is 2. The molecule has 2 fully saturated rings. The van der Waals surface area contributed by atoms with E-state index in [0.717, 1.165) is 0 Å². The van der Waals surface area contributed by atoms with E-state index in [4.69, 9.17) is 9.84 Å². The summed E-state index contributed by atoms with van der Waals surface area (Å²) in [4.78, 5) is 41.4. The molecule has 2 saturated heterocycles. The third kappa shape index (κ3) is 2.89. The minimum Gasteiger partial charge on any atom is -0.480 e. The van der Waals surface area contributed by atoms with Crippen molar-refractivity contribution in [3.63, 3.8) is 0 Å². The van der Waals surface area contributed by atoms with Gasteiger partial charge in [0.05, 0.1) is 13.2 Å². The number of aliphatic carboxylic acids is 1. The molecule has 21 heavy (non-hydrogen) atoms. The van der Waals surface area contributed by atoms with Gasteiger partial charge < -0.3 is 25.0 Å². The fourth-order valence-electron chi connectivity index (χ4n) is 2.28. The number of ether oxygens (including phenoxy) is 1. The van der Waals surface area contributed by atoms with Crippen LogP contribution in [0.2, 0.25) is 0 Å². The number of likely N-dealkylation sites (N-methyl/N-ethyl adjacent to an activating group) is 1. The van der Waals surface area contributed by atoms with Gasteiger partial charge in [-0.3, -0.25) is 19.9 Å². The molecule has 2 atom stereocenters. The average molecular weight is 299 g/mol. The van der Waals surface area contributed by atoms with Crippen LogP contribution in [0.15, 0.2) is 4.99 Å². The first kappa shape index (κ1) is 15.0. The normalized spacial score (nSPS) is 26.7. The lowest BCUT2D eigenvalue weighted by atomic mass is 10.1. The highest BCUT2D eigenvalue weighted by molar-refractivity contribution is 6.04. The summed E-state index contributed by atoms with van der Waals surface area (Å²) in [6.45, 7) is 0.283. The minimum atomic E-state index is -1.09. The van der Waals surface area contributed by atoms with Crippen LogP contribution in [0.5, 0.6) is 0 Å². The van der Waals surface area contributed by atoms with Gasteiger partial charge in [-0.1, -0.05) is 0 Å². The third-order valence-electron chi connectivity index (χ3n) is 3.28. The van der Waals surface area contributed by atoms with Gasteiger partial charge in [0.2, 0.25) is 0 Å². The number of fused-ring (bicyclic) bond motifs is 1. The van der Waals surface area contributed by atoms with Crippen LogP contribution in [0.3, 0.4) is 0 Å². The van der Waals surface area contributed by atoms with Crippen molar-refractivity contribution in [2.75, 3.05) is 33.9 Å². The van der Waals surface area contributed by atoms with E-state index >= 15 is 0 Å². The number of rotatable bonds is 5. The van der Waals surface area contributed by atoms with Gasteiger partial charge in [-0.05, 0) is 0 Å². The van der Waals surface area contributed by atoms with Crippen LogP contribution in [0.1, 0.15) is 0 Å². The van der Waals surface area contributed by atoms with E-state index in [2.05, 4.69) is 15.6 Å². The molecule has 0 aliphatic carbocycles. The number of hydrogen-bond acceptors (Lipinski definition) is 5. The van der Waals surface area contributed by atoms with Crippen molar-refractivity contribution in [3.8, 4) is 0 Å². The first-order valence-electron chi connectivity index (χ1n) is 6.31. The van der Waals surface area contributed by atoms with Gasteiger partial charge in [-0.25, -0.2) is 4.79 Å². The van der Waals surface area contributed by atoms with Gasteiger partial charge >= 0.3 is 12.0 Å². The first-order valence-corrected chi connectivity index (χ1v) is 6.31. The molecule has 2 aliphatic heterocycles. The number of imide groups is 1. The number of guanidine groups is 1. The Morgan fingerprint density at radius 3 is 2.81 bits per heavy atom. The summed E-state index contributed by atoms with van der Waals surface area (Å²) in [5.41, 5.74) is 0. The Labute approximate surface area is 120 Å². The molecule has 0 bridgehead atoms. The van der Waals surface area contributed by atoms with E-state index in [1.165, 1.54) is 24.0 Å². The highest BCUT2D eigenvalue weighted by Crippen LogP contribution is 2.20. The number of carboxylic acids is 1. The topological polar surface area (TPSA) is 124 Å². The summed E-state index contributed by atoms with van der Waals surface area (Å²) in [7, 11) is 3.04. The molecule has 2 heterocycles. The fraction of sp³-hybridized carbons (Fsp3) is 0.636. The van der Waals surface area contributed by atoms with Crippen molar-refractivity contribution in [2.24, 2.45) is 4.99 Å². The second-order valence-electron chi connectivity index (χ2n) is 4.66. The molecule has 2 aliphatic rings.